The fraction of sp³-hybridized carbons (Fsp3) is 0.714. The first-order valence-corrected chi connectivity index (χ1v) is 10.7. The normalized spacial score (nSPS) is 18.3. The number of unbranched alkanes of at least 4 members (excludes halogenated alkanes) is 1. The number of rotatable bonds is 11. The van der Waals surface area contributed by atoms with Crippen LogP contribution in [0.1, 0.15) is 33.6 Å². The fourth-order valence-electron chi connectivity index (χ4n) is 3.25. The molecule has 1 atom stereocenters. The van der Waals surface area contributed by atoms with Gasteiger partial charge in [-0.25, -0.2) is 4.98 Å². The minimum atomic E-state index is 0.186. The Balaban J connectivity index is 1.64. The largest absolute Gasteiger partial charge is 0.374 e. The Morgan fingerprint density at radius 3 is 2.89 bits per heavy atom. The van der Waals surface area contributed by atoms with Crippen LogP contribution >= 0.6 is 0 Å². The van der Waals surface area contributed by atoms with Crippen LogP contribution < -0.4 is 16.0 Å². The van der Waals surface area contributed by atoms with E-state index in [0.717, 1.165) is 70.5 Å². The molecule has 1 saturated heterocycles. The van der Waals surface area contributed by atoms with Gasteiger partial charge in [0.25, 0.3) is 0 Å². The number of guanidine groups is 1. The number of hydrogen-bond donors (Lipinski definition) is 3. The number of hydrogen-bond acceptors (Lipinski definition) is 5. The SMILES string of the molecule is CCNC(=NCC1CN(CC(C)C)CCO1)NCCCCNc1ccccn1. The molecule has 7 nitrogen and oxygen atoms in total. The van der Waals surface area contributed by atoms with Gasteiger partial charge in [0, 0.05) is 45.5 Å². The van der Waals surface area contributed by atoms with E-state index < -0.39 is 0 Å². The van der Waals surface area contributed by atoms with E-state index in [1.54, 1.807) is 6.20 Å². The molecule has 1 aromatic heterocycles. The van der Waals surface area contributed by atoms with Gasteiger partial charge in [-0.2, -0.15) is 0 Å². The van der Waals surface area contributed by atoms with Gasteiger partial charge in [0.05, 0.1) is 19.3 Å². The van der Waals surface area contributed by atoms with Crippen molar-refractivity contribution in [3.8, 4) is 0 Å². The number of pyridine rings is 1. The van der Waals surface area contributed by atoms with E-state index in [2.05, 4.69) is 46.6 Å². The molecular weight excluding hydrogens is 352 g/mol. The van der Waals surface area contributed by atoms with Crippen LogP contribution in [0.15, 0.2) is 29.4 Å². The molecule has 0 aromatic carbocycles. The van der Waals surface area contributed by atoms with Gasteiger partial charge in [-0.05, 0) is 37.8 Å². The van der Waals surface area contributed by atoms with Gasteiger partial charge in [-0.1, -0.05) is 19.9 Å². The molecule has 7 heteroatoms. The summed E-state index contributed by atoms with van der Waals surface area (Å²) in [5.41, 5.74) is 0. The molecule has 0 aliphatic carbocycles. The van der Waals surface area contributed by atoms with Crippen molar-refractivity contribution >= 4 is 11.8 Å². The summed E-state index contributed by atoms with van der Waals surface area (Å²) in [6.07, 6.45) is 4.15. The summed E-state index contributed by atoms with van der Waals surface area (Å²) in [7, 11) is 0. The summed E-state index contributed by atoms with van der Waals surface area (Å²) in [6, 6.07) is 5.91. The minimum Gasteiger partial charge on any atom is -0.374 e. The van der Waals surface area contributed by atoms with Crippen LogP contribution in [-0.2, 0) is 4.74 Å². The smallest absolute Gasteiger partial charge is 0.191 e. The zero-order valence-electron chi connectivity index (χ0n) is 17.8. The molecule has 1 aromatic rings. The predicted molar refractivity (Wildman–Crippen MR) is 117 cm³/mol. The third-order valence-electron chi connectivity index (χ3n) is 4.51. The first kappa shape index (κ1) is 22.4. The lowest BCUT2D eigenvalue weighted by atomic mass is 10.2. The van der Waals surface area contributed by atoms with Gasteiger partial charge in [0.15, 0.2) is 5.96 Å². The molecular formula is C21H38N6O. The Bertz CT molecular complexity index is 551. The Morgan fingerprint density at radius 2 is 2.14 bits per heavy atom. The molecule has 0 saturated carbocycles. The zero-order chi connectivity index (χ0) is 20.0. The van der Waals surface area contributed by atoms with Gasteiger partial charge in [-0.15, -0.1) is 0 Å². The van der Waals surface area contributed by atoms with Crippen molar-refractivity contribution in [1.82, 2.24) is 20.5 Å². The van der Waals surface area contributed by atoms with Crippen molar-refractivity contribution in [2.75, 3.05) is 57.7 Å². The third-order valence-corrected chi connectivity index (χ3v) is 4.51. The summed E-state index contributed by atoms with van der Waals surface area (Å²) in [6.45, 7) is 14.0. The highest BCUT2D eigenvalue weighted by Gasteiger charge is 2.20. The maximum absolute atomic E-state index is 5.90. The van der Waals surface area contributed by atoms with E-state index >= 15 is 0 Å². The maximum Gasteiger partial charge on any atom is 0.191 e. The van der Waals surface area contributed by atoms with E-state index in [1.165, 1.54) is 0 Å². The fourth-order valence-corrected chi connectivity index (χ4v) is 3.25. The molecule has 2 heterocycles. The van der Waals surface area contributed by atoms with Crippen LogP contribution in [0.2, 0.25) is 0 Å². The van der Waals surface area contributed by atoms with Crippen LogP contribution in [0.4, 0.5) is 5.82 Å². The van der Waals surface area contributed by atoms with Crippen LogP contribution in [0.25, 0.3) is 0 Å². The molecule has 158 valence electrons. The van der Waals surface area contributed by atoms with Crippen LogP contribution in [0.5, 0.6) is 0 Å². The average Bonchev–Trinajstić information content (AvgIpc) is 2.69. The molecule has 3 N–H and O–H groups in total. The lowest BCUT2D eigenvalue weighted by Crippen LogP contribution is -2.46. The van der Waals surface area contributed by atoms with Crippen LogP contribution in [0, 0.1) is 5.92 Å². The second-order valence-corrected chi connectivity index (χ2v) is 7.64. The van der Waals surface area contributed by atoms with Crippen molar-refractivity contribution < 1.29 is 4.74 Å². The first-order chi connectivity index (χ1) is 13.7. The maximum atomic E-state index is 5.90. The second kappa shape index (κ2) is 13.3. The van der Waals surface area contributed by atoms with Crippen LogP contribution in [-0.4, -0.2) is 74.4 Å². The van der Waals surface area contributed by atoms with Gasteiger partial charge in [0.1, 0.15) is 5.82 Å². The van der Waals surface area contributed by atoms with E-state index in [4.69, 9.17) is 9.73 Å². The van der Waals surface area contributed by atoms with E-state index in [1.807, 2.05) is 18.2 Å². The predicted octanol–water partition coefficient (Wildman–Crippen LogP) is 2.19. The monoisotopic (exact) mass is 390 g/mol. The standard InChI is InChI=1S/C21H38N6O/c1-4-22-21(25-12-8-7-11-24-20-9-5-6-10-23-20)26-15-19-17-27(13-14-28-19)16-18(2)3/h5-6,9-10,18-19H,4,7-8,11-17H2,1-3H3,(H,23,24)(H2,22,25,26). The summed E-state index contributed by atoms with van der Waals surface area (Å²) < 4.78 is 5.90. The molecule has 1 unspecified atom stereocenters. The van der Waals surface area contributed by atoms with E-state index in [-0.39, 0.29) is 6.10 Å². The molecule has 0 radical (unpaired) electrons. The molecule has 1 fully saturated rings. The highest BCUT2D eigenvalue weighted by molar-refractivity contribution is 5.79. The number of nitrogens with zero attached hydrogens (tertiary/aromatic N) is 3. The Morgan fingerprint density at radius 1 is 1.29 bits per heavy atom. The summed E-state index contributed by atoms with van der Waals surface area (Å²) in [4.78, 5) is 11.5. The lowest BCUT2D eigenvalue weighted by Gasteiger charge is -2.33. The van der Waals surface area contributed by atoms with Gasteiger partial charge >= 0.3 is 0 Å². The highest BCUT2D eigenvalue weighted by Crippen LogP contribution is 2.08. The number of anilines is 1. The van der Waals surface area contributed by atoms with Gasteiger partial charge in [0.2, 0.25) is 0 Å². The quantitative estimate of drug-likeness (QED) is 0.306. The average molecular weight is 391 g/mol. The number of ether oxygens (including phenoxy) is 1. The highest BCUT2D eigenvalue weighted by atomic mass is 16.5. The van der Waals surface area contributed by atoms with Crippen molar-refractivity contribution in [2.24, 2.45) is 10.9 Å². The van der Waals surface area contributed by atoms with Gasteiger partial charge < -0.3 is 20.7 Å². The number of aliphatic imine (C=N–C) groups is 1. The molecule has 1 aliphatic rings. The number of morpholine rings is 1. The second-order valence-electron chi connectivity index (χ2n) is 7.64. The third kappa shape index (κ3) is 9.37. The van der Waals surface area contributed by atoms with Crippen molar-refractivity contribution in [3.63, 3.8) is 0 Å². The Hall–Kier alpha value is -1.86. The molecule has 0 bridgehead atoms. The lowest BCUT2D eigenvalue weighted by molar-refractivity contribution is -0.0261. The molecule has 1 aliphatic heterocycles. The number of aromatic nitrogens is 1. The van der Waals surface area contributed by atoms with E-state index in [9.17, 15) is 0 Å². The summed E-state index contributed by atoms with van der Waals surface area (Å²) >= 11 is 0. The summed E-state index contributed by atoms with van der Waals surface area (Å²) in [5.74, 6) is 2.50. The molecule has 0 amide bonds. The zero-order valence-corrected chi connectivity index (χ0v) is 17.8. The van der Waals surface area contributed by atoms with Crippen molar-refractivity contribution in [1.29, 1.82) is 0 Å². The minimum absolute atomic E-state index is 0.186. The van der Waals surface area contributed by atoms with E-state index in [0.29, 0.717) is 12.5 Å². The first-order valence-electron chi connectivity index (χ1n) is 10.7. The van der Waals surface area contributed by atoms with Crippen LogP contribution in [0.3, 0.4) is 0 Å². The Labute approximate surface area is 170 Å². The van der Waals surface area contributed by atoms with Crippen molar-refractivity contribution in [2.45, 2.75) is 39.7 Å². The topological polar surface area (TPSA) is 73.8 Å². The number of nitrogens with one attached hydrogen (secondary N) is 3. The molecule has 2 rings (SSSR count). The Kier molecular flexibility index (Phi) is 10.7. The summed E-state index contributed by atoms with van der Waals surface area (Å²) in [5, 5.41) is 10.1. The van der Waals surface area contributed by atoms with Crippen molar-refractivity contribution in [3.05, 3.63) is 24.4 Å². The molecule has 28 heavy (non-hydrogen) atoms. The molecule has 0 spiro atoms. The van der Waals surface area contributed by atoms with Gasteiger partial charge in [-0.3, -0.25) is 9.89 Å².